The second kappa shape index (κ2) is 18.2. The summed E-state index contributed by atoms with van der Waals surface area (Å²) < 4.78 is 29.6. The van der Waals surface area contributed by atoms with Crippen LogP contribution in [0.5, 0.6) is 23.0 Å². The largest absolute Gasteiger partial charge is 0.507 e. The van der Waals surface area contributed by atoms with E-state index in [9.17, 15) is 39.6 Å². The van der Waals surface area contributed by atoms with E-state index in [1.807, 2.05) is 0 Å². The van der Waals surface area contributed by atoms with Gasteiger partial charge in [0, 0.05) is 88.4 Å². The maximum Gasteiger partial charge on any atom is 0.312 e. The van der Waals surface area contributed by atoms with Gasteiger partial charge in [-0.3, -0.25) is 24.2 Å². The molecule has 3 heterocycles. The van der Waals surface area contributed by atoms with Gasteiger partial charge in [-0.1, -0.05) is 45.9 Å². The third-order valence-corrected chi connectivity index (χ3v) is 11.1. The van der Waals surface area contributed by atoms with E-state index in [1.54, 1.807) is 53.9 Å². The van der Waals surface area contributed by atoms with E-state index in [-0.39, 0.29) is 44.7 Å². The van der Waals surface area contributed by atoms with Gasteiger partial charge in [0.1, 0.15) is 23.4 Å². The molecule has 318 valence electrons. The van der Waals surface area contributed by atoms with Crippen molar-refractivity contribution in [2.45, 2.75) is 85.6 Å². The number of phenolic OH excluding ortho intramolecular Hbond substituents is 2. The number of esters is 1. The number of hydrogen-bond acceptors (Lipinski definition) is 14. The maximum atomic E-state index is 14.4. The average molecular weight is 812 g/mol. The number of amides is 2. The van der Waals surface area contributed by atoms with E-state index in [2.05, 4.69) is 5.32 Å². The zero-order valence-electron chi connectivity index (χ0n) is 35.1. The first kappa shape index (κ1) is 45.5. The number of carbonyl (C=O) groups excluding carboxylic acids is 4. The number of anilines is 1. The third kappa shape index (κ3) is 9.09. The van der Waals surface area contributed by atoms with Crippen LogP contribution in [-0.4, -0.2) is 119 Å². The molecule has 0 fully saturated rings. The van der Waals surface area contributed by atoms with E-state index in [4.69, 9.17) is 23.7 Å². The Morgan fingerprint density at radius 3 is 2.21 bits per heavy atom. The molecule has 0 saturated carbocycles. The van der Waals surface area contributed by atoms with Crippen molar-refractivity contribution in [3.63, 3.8) is 0 Å². The number of hydrazine groups is 1. The molecule has 0 saturated heterocycles. The predicted molar refractivity (Wildman–Crippen MR) is 214 cm³/mol. The van der Waals surface area contributed by atoms with E-state index in [0.29, 0.717) is 0 Å². The molecule has 0 unspecified atom stereocenters. The number of phenols is 2. The Hall–Kier alpha value is -5.16. The molecule has 2 amide bonds. The lowest BCUT2D eigenvalue weighted by atomic mass is 9.78. The zero-order valence-corrected chi connectivity index (χ0v) is 35.1. The Kier molecular flexibility index (Phi) is 14.3. The van der Waals surface area contributed by atoms with E-state index < -0.39 is 95.5 Å². The second-order valence-electron chi connectivity index (χ2n) is 15.5. The van der Waals surface area contributed by atoms with Gasteiger partial charge in [0.2, 0.25) is 0 Å². The molecule has 0 aliphatic carbocycles. The van der Waals surface area contributed by atoms with Crippen LogP contribution in [0.4, 0.5) is 5.69 Å². The smallest absolute Gasteiger partial charge is 0.312 e. The van der Waals surface area contributed by atoms with Gasteiger partial charge in [0.05, 0.1) is 41.2 Å². The number of nitrogens with zero attached hydrogens (tertiary/aromatic N) is 2. The highest BCUT2D eigenvalue weighted by Gasteiger charge is 2.49. The number of ether oxygens (including phenoxy) is 5. The minimum absolute atomic E-state index is 0.0673. The van der Waals surface area contributed by atoms with Gasteiger partial charge in [0.25, 0.3) is 17.6 Å². The van der Waals surface area contributed by atoms with Crippen LogP contribution in [0, 0.1) is 30.6 Å². The molecule has 3 aliphatic heterocycles. The number of aliphatic hydroxyl groups excluding tert-OH is 2. The van der Waals surface area contributed by atoms with Crippen molar-refractivity contribution in [1.29, 1.82) is 0 Å². The number of aliphatic hydroxyl groups is 2. The average Bonchev–Trinajstić information content (AvgIpc) is 3.44. The first-order valence-corrected chi connectivity index (χ1v) is 19.0. The van der Waals surface area contributed by atoms with Crippen molar-refractivity contribution in [1.82, 2.24) is 10.0 Å². The summed E-state index contributed by atoms with van der Waals surface area (Å²) in [5.41, 5.74) is -0.0581. The van der Waals surface area contributed by atoms with Crippen LogP contribution in [0.2, 0.25) is 0 Å². The third-order valence-electron chi connectivity index (χ3n) is 11.1. The van der Waals surface area contributed by atoms with Gasteiger partial charge in [0.15, 0.2) is 12.4 Å². The normalized spacial score (nSPS) is 30.2. The number of ketones is 1. The van der Waals surface area contributed by atoms with Crippen molar-refractivity contribution < 1.29 is 63.3 Å². The Morgan fingerprint density at radius 2 is 1.60 bits per heavy atom. The van der Waals surface area contributed by atoms with Crippen LogP contribution in [0.25, 0.3) is 10.8 Å². The molecular formula is C42H57N3O13. The lowest BCUT2D eigenvalue weighted by Crippen LogP contribution is -2.46. The SMILES string of the molecule is CO[C@H]1/C=C/O[C@@]2(C)Oc3c(C)c(O)c4c(O)c(cc(OCC(=O)N(C)N(C)C)c4c3C2=O)NC(=O)/C(C)=C\C=C\[C@H](C)[C@H](O)[C@@H](C)[C@@H](O)[C@H](C)[C@H](OC(C)=O)[C@H]1C. The Balaban J connectivity index is 1.94. The van der Waals surface area contributed by atoms with E-state index in [1.165, 1.54) is 76.4 Å². The molecule has 16 nitrogen and oxygen atoms in total. The lowest BCUT2D eigenvalue weighted by molar-refractivity contribution is -0.160. The van der Waals surface area contributed by atoms with Crippen molar-refractivity contribution in [2.75, 3.05) is 40.2 Å². The second-order valence-corrected chi connectivity index (χ2v) is 15.5. The number of likely N-dealkylation sites (N-methyl/N-ethyl adjacent to an activating group) is 1. The molecule has 5 rings (SSSR count). The fourth-order valence-electron chi connectivity index (χ4n) is 7.20. The number of aromatic hydroxyl groups is 2. The first-order chi connectivity index (χ1) is 27.1. The standard InChI is InChI=1S/C42H57N3O13/c1-20-14-13-15-21(2)41(53)43-27-18-29(55-19-30(47)45(11)44(9)10)31-32(37(27)51)36(50)25(6)39-33(31)40(52)42(8,58-39)56-17-16-28(54-12)22(3)38(57-26(7)46)24(5)35(49)23(4)34(20)48/h13-18,20,22-24,28,34-35,38,48-51H,19H2,1-12H3,(H,43,53)/b14-13+,17-16+,21-15-/t20-,22-,23+,24-,28-,34-,35+,38+,42-/m0/s1. The topological polar surface area (TPSA) is 214 Å². The number of hydrogen-bond donors (Lipinski definition) is 5. The molecule has 9 atom stereocenters. The summed E-state index contributed by atoms with van der Waals surface area (Å²) in [6.45, 7) is 12.0. The lowest BCUT2D eigenvalue weighted by Gasteiger charge is -2.38. The van der Waals surface area contributed by atoms with Gasteiger partial charge >= 0.3 is 11.8 Å². The molecule has 2 aromatic carbocycles. The van der Waals surface area contributed by atoms with Crippen molar-refractivity contribution >= 4 is 40.0 Å². The van der Waals surface area contributed by atoms with E-state index in [0.717, 1.165) is 0 Å². The summed E-state index contributed by atoms with van der Waals surface area (Å²) in [5, 5.41) is 51.1. The van der Waals surface area contributed by atoms with Crippen LogP contribution in [0.3, 0.4) is 0 Å². The number of Topliss-reactive ketones (excluding diaryl/α,β-unsaturated/α-hetero) is 1. The van der Waals surface area contributed by atoms with Gasteiger partial charge in [-0.2, -0.15) is 0 Å². The molecule has 58 heavy (non-hydrogen) atoms. The quantitative estimate of drug-likeness (QED) is 0.156. The monoisotopic (exact) mass is 811 g/mol. The van der Waals surface area contributed by atoms with Gasteiger partial charge in [-0.15, -0.1) is 0 Å². The fourth-order valence-corrected chi connectivity index (χ4v) is 7.20. The van der Waals surface area contributed by atoms with Crippen LogP contribution in [-0.2, 0) is 28.6 Å². The molecule has 0 radical (unpaired) electrons. The first-order valence-electron chi connectivity index (χ1n) is 19.0. The molecule has 5 bridgehead atoms. The molecule has 5 N–H and O–H groups in total. The van der Waals surface area contributed by atoms with Crippen LogP contribution in [0.15, 0.2) is 42.2 Å². The summed E-state index contributed by atoms with van der Waals surface area (Å²) in [7, 11) is 6.27. The summed E-state index contributed by atoms with van der Waals surface area (Å²) in [6, 6.07) is 1.25. The molecule has 2 aromatic rings. The minimum Gasteiger partial charge on any atom is -0.507 e. The summed E-state index contributed by atoms with van der Waals surface area (Å²) >= 11 is 0. The van der Waals surface area contributed by atoms with Crippen LogP contribution < -0.4 is 14.8 Å². The number of fused-ring (bicyclic) bond motifs is 14. The number of nitrogens with one attached hydrogen (secondary N) is 1. The van der Waals surface area contributed by atoms with Crippen LogP contribution in [0.1, 0.15) is 64.4 Å². The fraction of sp³-hybridized carbons (Fsp3) is 0.524. The number of methoxy groups -OCH3 is 1. The number of carbonyl (C=O) groups is 4. The summed E-state index contributed by atoms with van der Waals surface area (Å²) in [5.74, 6) is -8.24. The van der Waals surface area contributed by atoms with E-state index >= 15 is 0 Å². The molecule has 0 spiro atoms. The maximum absolute atomic E-state index is 14.4. The zero-order chi connectivity index (χ0) is 43.5. The van der Waals surface area contributed by atoms with Gasteiger partial charge in [-0.05, 0) is 19.9 Å². The number of rotatable bonds is 6. The molecule has 3 aliphatic rings. The summed E-state index contributed by atoms with van der Waals surface area (Å²) in [6.07, 6.45) is 3.55. The van der Waals surface area contributed by atoms with Gasteiger partial charge < -0.3 is 49.4 Å². The highest BCUT2D eigenvalue weighted by Crippen LogP contribution is 2.54. The van der Waals surface area contributed by atoms with Crippen molar-refractivity contribution in [3.05, 3.63) is 53.3 Å². The van der Waals surface area contributed by atoms with Crippen molar-refractivity contribution in [3.8, 4) is 23.0 Å². The van der Waals surface area contributed by atoms with Crippen LogP contribution >= 0.6 is 0 Å². The number of allylic oxidation sites excluding steroid dienone is 2. The molecular weight excluding hydrogens is 754 g/mol. The Labute approximate surface area is 338 Å². The molecule has 16 heteroatoms. The highest BCUT2D eigenvalue weighted by molar-refractivity contribution is 6.21. The van der Waals surface area contributed by atoms with Crippen molar-refractivity contribution in [2.24, 2.45) is 23.7 Å². The number of benzene rings is 2. The predicted octanol–water partition coefficient (Wildman–Crippen LogP) is 4.36. The summed E-state index contributed by atoms with van der Waals surface area (Å²) in [4.78, 5) is 53.3. The Morgan fingerprint density at radius 1 is 0.948 bits per heavy atom. The Bertz CT molecular complexity index is 2010. The van der Waals surface area contributed by atoms with Gasteiger partial charge in [-0.25, -0.2) is 5.01 Å². The highest BCUT2D eigenvalue weighted by atomic mass is 16.7. The minimum atomic E-state index is -2.03. The molecule has 0 aromatic heterocycles.